The summed E-state index contributed by atoms with van der Waals surface area (Å²) in [5.74, 6) is -0.861. The molecule has 8 heteroatoms. The van der Waals surface area contributed by atoms with Gasteiger partial charge in [-0.15, -0.1) is 0 Å². The average Bonchev–Trinajstić information content (AvgIpc) is 2.44. The Morgan fingerprint density at radius 3 is 2.65 bits per heavy atom. The number of methoxy groups -OCH3 is 1. The summed E-state index contributed by atoms with van der Waals surface area (Å²) < 4.78 is 9.26. The first kappa shape index (κ1) is 13.4. The molecule has 0 bridgehead atoms. The largest absolute Gasteiger partial charge is 0.465 e. The predicted molar refractivity (Wildman–Crippen MR) is 65.9 cm³/mol. The van der Waals surface area contributed by atoms with E-state index in [-0.39, 0.29) is 22.1 Å². The van der Waals surface area contributed by atoms with Crippen LogP contribution in [-0.2, 0) is 4.74 Å². The first-order valence-corrected chi connectivity index (χ1v) is 5.27. The van der Waals surface area contributed by atoms with E-state index in [1.165, 1.54) is 6.07 Å². The van der Waals surface area contributed by atoms with Crippen molar-refractivity contribution in [2.24, 2.45) is 0 Å². The van der Waals surface area contributed by atoms with Gasteiger partial charge in [0.1, 0.15) is 6.29 Å². The van der Waals surface area contributed by atoms with Gasteiger partial charge in [0.25, 0.3) is 0 Å². The van der Waals surface area contributed by atoms with Crippen LogP contribution in [0.3, 0.4) is 0 Å². The molecule has 0 aliphatic rings. The van der Waals surface area contributed by atoms with E-state index >= 15 is 0 Å². The predicted octanol–water partition coefficient (Wildman–Crippen LogP) is 1.30. The molecule has 0 unspecified atom stereocenters. The van der Waals surface area contributed by atoms with Crippen LogP contribution in [0.15, 0.2) is 27.4 Å². The lowest BCUT2D eigenvalue weighted by Crippen LogP contribution is -2.09. The number of hydrogen-bond acceptors (Lipinski definition) is 7. The molecule has 0 amide bonds. The number of fused-ring (bicyclic) bond motifs is 1. The summed E-state index contributed by atoms with van der Waals surface area (Å²) in [7, 11) is 1.10. The molecule has 1 aromatic carbocycles. The molecule has 0 aliphatic carbocycles. The van der Waals surface area contributed by atoms with Gasteiger partial charge in [0.15, 0.2) is 0 Å². The van der Waals surface area contributed by atoms with Gasteiger partial charge < -0.3 is 9.15 Å². The molecule has 0 saturated heterocycles. The van der Waals surface area contributed by atoms with E-state index in [1.54, 1.807) is 0 Å². The molecule has 0 saturated carbocycles. The number of nitro benzene ring substituents is 1. The standard InChI is InChI=1S/C12H7NO7/c1-19-12(16)8-4-10(15)20-11-7(8)2-6(5-14)3-9(11)13(17)18/h2-5H,1H3. The Bertz CT molecular complexity index is 790. The zero-order valence-electron chi connectivity index (χ0n) is 10.1. The number of aldehydes is 1. The molecule has 102 valence electrons. The van der Waals surface area contributed by atoms with Gasteiger partial charge in [0.05, 0.1) is 17.6 Å². The Morgan fingerprint density at radius 2 is 2.10 bits per heavy atom. The van der Waals surface area contributed by atoms with E-state index in [1.807, 2.05) is 0 Å². The van der Waals surface area contributed by atoms with Crippen molar-refractivity contribution >= 4 is 28.9 Å². The molecule has 0 N–H and O–H groups in total. The lowest BCUT2D eigenvalue weighted by Gasteiger charge is -2.04. The molecule has 20 heavy (non-hydrogen) atoms. The maximum absolute atomic E-state index is 11.6. The normalized spacial score (nSPS) is 10.2. The number of rotatable bonds is 3. The second kappa shape index (κ2) is 4.92. The molecule has 0 atom stereocenters. The van der Waals surface area contributed by atoms with Gasteiger partial charge in [-0.05, 0) is 6.07 Å². The fraction of sp³-hybridized carbons (Fsp3) is 0.0833. The van der Waals surface area contributed by atoms with Crippen molar-refractivity contribution in [1.29, 1.82) is 0 Å². The van der Waals surface area contributed by atoms with Crippen LogP contribution >= 0.6 is 0 Å². The number of benzene rings is 1. The number of nitrogens with zero attached hydrogens (tertiary/aromatic N) is 1. The number of carbonyl (C=O) groups excluding carboxylic acids is 2. The molecule has 0 aliphatic heterocycles. The lowest BCUT2D eigenvalue weighted by molar-refractivity contribution is -0.383. The van der Waals surface area contributed by atoms with Gasteiger partial charge in [0.2, 0.25) is 5.58 Å². The summed E-state index contributed by atoms with van der Waals surface area (Å²) >= 11 is 0. The minimum atomic E-state index is -0.931. The lowest BCUT2D eigenvalue weighted by atomic mass is 10.1. The first-order valence-electron chi connectivity index (χ1n) is 5.27. The van der Waals surface area contributed by atoms with E-state index in [9.17, 15) is 24.5 Å². The van der Waals surface area contributed by atoms with Gasteiger partial charge in [-0.25, -0.2) is 9.59 Å². The van der Waals surface area contributed by atoms with Crippen LogP contribution in [0, 0.1) is 10.1 Å². The molecule has 1 heterocycles. The SMILES string of the molecule is COC(=O)c1cc(=O)oc2c([N+](=O)[O-])cc(C=O)cc12. The minimum Gasteiger partial charge on any atom is -0.465 e. The number of ether oxygens (including phenoxy) is 1. The average molecular weight is 277 g/mol. The molecular weight excluding hydrogens is 270 g/mol. The van der Waals surface area contributed by atoms with E-state index < -0.39 is 22.2 Å². The number of carbonyl (C=O) groups is 2. The second-order valence-corrected chi connectivity index (χ2v) is 3.76. The maximum atomic E-state index is 11.6. The Hall–Kier alpha value is -3.03. The van der Waals surface area contributed by atoms with Gasteiger partial charge in [0, 0.05) is 23.1 Å². The summed E-state index contributed by atoms with van der Waals surface area (Å²) in [5, 5.41) is 10.9. The molecular formula is C12H7NO7. The van der Waals surface area contributed by atoms with Crippen molar-refractivity contribution in [2.75, 3.05) is 7.11 Å². The molecule has 2 rings (SSSR count). The molecule has 0 fully saturated rings. The van der Waals surface area contributed by atoms with Gasteiger partial charge in [-0.3, -0.25) is 14.9 Å². The third kappa shape index (κ3) is 2.14. The second-order valence-electron chi connectivity index (χ2n) is 3.76. The van der Waals surface area contributed by atoms with E-state index in [4.69, 9.17) is 4.42 Å². The van der Waals surface area contributed by atoms with Crippen LogP contribution in [0.5, 0.6) is 0 Å². The highest BCUT2D eigenvalue weighted by Gasteiger charge is 2.22. The fourth-order valence-corrected chi connectivity index (χ4v) is 1.75. The summed E-state index contributed by atoms with van der Waals surface area (Å²) in [5.41, 5.74) is -2.12. The summed E-state index contributed by atoms with van der Waals surface area (Å²) in [4.78, 5) is 43.9. The van der Waals surface area contributed by atoms with Crippen molar-refractivity contribution in [2.45, 2.75) is 0 Å². The highest BCUT2D eigenvalue weighted by Crippen LogP contribution is 2.28. The van der Waals surface area contributed by atoms with Crippen LogP contribution in [0.4, 0.5) is 5.69 Å². The number of nitro groups is 1. The van der Waals surface area contributed by atoms with Crippen molar-refractivity contribution < 1.29 is 23.7 Å². The van der Waals surface area contributed by atoms with Crippen molar-refractivity contribution in [3.8, 4) is 0 Å². The van der Waals surface area contributed by atoms with Crippen LogP contribution in [0.1, 0.15) is 20.7 Å². The minimum absolute atomic E-state index is 0.0248. The number of non-ortho nitro benzene ring substituents is 1. The summed E-state index contributed by atoms with van der Waals surface area (Å²) in [6, 6.07) is 3.02. The third-order valence-electron chi connectivity index (χ3n) is 2.58. The first-order chi connectivity index (χ1) is 9.47. The quantitative estimate of drug-likeness (QED) is 0.273. The summed E-state index contributed by atoms with van der Waals surface area (Å²) in [6.45, 7) is 0. The van der Waals surface area contributed by atoms with Crippen LogP contribution in [-0.4, -0.2) is 24.3 Å². The Kier molecular flexibility index (Phi) is 3.30. The fourth-order valence-electron chi connectivity index (χ4n) is 1.75. The highest BCUT2D eigenvalue weighted by atomic mass is 16.6. The monoisotopic (exact) mass is 277 g/mol. The van der Waals surface area contributed by atoms with Crippen molar-refractivity contribution in [3.05, 3.63) is 49.9 Å². The number of hydrogen-bond donors (Lipinski definition) is 0. The smallest absolute Gasteiger partial charge is 0.338 e. The maximum Gasteiger partial charge on any atom is 0.338 e. The van der Waals surface area contributed by atoms with Crippen LogP contribution in [0.2, 0.25) is 0 Å². The van der Waals surface area contributed by atoms with Gasteiger partial charge >= 0.3 is 17.3 Å². The molecule has 1 aromatic heterocycles. The summed E-state index contributed by atoms with van der Waals surface area (Å²) in [6.07, 6.45) is 0.388. The van der Waals surface area contributed by atoms with E-state index in [0.717, 1.165) is 19.2 Å². The van der Waals surface area contributed by atoms with Gasteiger partial charge in [-0.1, -0.05) is 0 Å². The Balaban J connectivity index is 2.99. The third-order valence-corrected chi connectivity index (χ3v) is 2.58. The van der Waals surface area contributed by atoms with Crippen molar-refractivity contribution in [1.82, 2.24) is 0 Å². The highest BCUT2D eigenvalue weighted by molar-refractivity contribution is 6.06. The molecule has 8 nitrogen and oxygen atoms in total. The number of esters is 1. The Morgan fingerprint density at radius 1 is 1.40 bits per heavy atom. The topological polar surface area (TPSA) is 117 Å². The van der Waals surface area contributed by atoms with E-state index in [2.05, 4.69) is 4.74 Å². The van der Waals surface area contributed by atoms with Crippen LogP contribution in [0.25, 0.3) is 11.0 Å². The zero-order chi connectivity index (χ0) is 14.9. The van der Waals surface area contributed by atoms with E-state index in [0.29, 0.717) is 6.29 Å². The van der Waals surface area contributed by atoms with Crippen molar-refractivity contribution in [3.63, 3.8) is 0 Å². The van der Waals surface area contributed by atoms with Crippen LogP contribution < -0.4 is 5.63 Å². The molecule has 2 aromatic rings. The Labute approximate surface area is 110 Å². The zero-order valence-corrected chi connectivity index (χ0v) is 10.1. The van der Waals surface area contributed by atoms with Gasteiger partial charge in [-0.2, -0.15) is 0 Å². The molecule has 0 radical (unpaired) electrons. The molecule has 0 spiro atoms.